The molecule has 0 amide bonds. The van der Waals surface area contributed by atoms with Crippen LogP contribution in [0, 0.1) is 17.5 Å². The van der Waals surface area contributed by atoms with E-state index in [9.17, 15) is 13.2 Å². The Morgan fingerprint density at radius 2 is 1.71 bits per heavy atom. The Morgan fingerprint density at radius 3 is 2.18 bits per heavy atom. The van der Waals surface area contributed by atoms with Crippen LogP contribution < -0.4 is 0 Å². The highest BCUT2D eigenvalue weighted by Gasteiger charge is 2.23. The molecule has 0 aliphatic rings. The van der Waals surface area contributed by atoms with Gasteiger partial charge in [0.2, 0.25) is 0 Å². The molecule has 1 aromatic heterocycles. The molecule has 1 heterocycles. The van der Waals surface area contributed by atoms with Crippen LogP contribution in [0.4, 0.5) is 13.2 Å². The van der Waals surface area contributed by atoms with E-state index in [0.29, 0.717) is 22.0 Å². The molecule has 17 heavy (non-hydrogen) atoms. The molecule has 0 aliphatic heterocycles. The quantitative estimate of drug-likeness (QED) is 0.673. The highest BCUT2D eigenvalue weighted by Crippen LogP contribution is 2.39. The standard InChI is InChI=1S/C11H5Cl2F3S/c12-6-1-2-17-11(6)10(13)9-7(15)3-5(14)4-8(9)16/h1-4,10H. The Labute approximate surface area is 110 Å². The van der Waals surface area contributed by atoms with Crippen molar-refractivity contribution in [1.29, 1.82) is 0 Å². The largest absolute Gasteiger partial charge is 0.207 e. The molecule has 1 aromatic carbocycles. The summed E-state index contributed by atoms with van der Waals surface area (Å²) in [5.74, 6) is -3.02. The normalized spacial score (nSPS) is 12.8. The van der Waals surface area contributed by atoms with Crippen LogP contribution in [0.3, 0.4) is 0 Å². The van der Waals surface area contributed by atoms with Gasteiger partial charge in [-0.2, -0.15) is 0 Å². The molecule has 0 spiro atoms. The molecular weight excluding hydrogens is 292 g/mol. The maximum Gasteiger partial charge on any atom is 0.134 e. The zero-order valence-electron chi connectivity index (χ0n) is 8.18. The number of thiophene rings is 1. The first-order valence-electron chi connectivity index (χ1n) is 4.52. The Bertz CT molecular complexity index is 530. The Morgan fingerprint density at radius 1 is 1.12 bits per heavy atom. The Hall–Kier alpha value is -0.710. The van der Waals surface area contributed by atoms with Crippen LogP contribution in [0.25, 0.3) is 0 Å². The summed E-state index contributed by atoms with van der Waals surface area (Å²) in [6.07, 6.45) is 0. The van der Waals surface area contributed by atoms with Crippen molar-refractivity contribution < 1.29 is 13.2 Å². The van der Waals surface area contributed by atoms with Crippen LogP contribution >= 0.6 is 34.5 Å². The monoisotopic (exact) mass is 296 g/mol. The predicted molar refractivity (Wildman–Crippen MR) is 63.3 cm³/mol. The second kappa shape index (κ2) is 4.88. The Kier molecular flexibility index (Phi) is 3.66. The number of benzene rings is 1. The molecule has 0 nitrogen and oxygen atoms in total. The van der Waals surface area contributed by atoms with Crippen molar-refractivity contribution >= 4 is 34.5 Å². The molecule has 0 saturated heterocycles. The minimum atomic E-state index is -1.07. The molecule has 1 unspecified atom stereocenters. The van der Waals surface area contributed by atoms with Crippen molar-refractivity contribution in [2.24, 2.45) is 0 Å². The zero-order valence-corrected chi connectivity index (χ0v) is 10.5. The molecule has 0 radical (unpaired) electrons. The average Bonchev–Trinajstić information content (AvgIpc) is 2.62. The minimum Gasteiger partial charge on any atom is -0.207 e. The predicted octanol–water partition coefficient (Wildman–Crippen LogP) is 5.15. The van der Waals surface area contributed by atoms with Crippen molar-refractivity contribution in [3.8, 4) is 0 Å². The fraction of sp³-hybridized carbons (Fsp3) is 0.0909. The fourth-order valence-corrected chi connectivity index (χ4v) is 3.10. The summed E-state index contributed by atoms with van der Waals surface area (Å²) in [6.45, 7) is 0. The molecule has 0 bridgehead atoms. The van der Waals surface area contributed by atoms with Gasteiger partial charge in [0.1, 0.15) is 17.5 Å². The number of hydrogen-bond donors (Lipinski definition) is 0. The number of hydrogen-bond acceptors (Lipinski definition) is 1. The Balaban J connectivity index is 2.51. The lowest BCUT2D eigenvalue weighted by Crippen LogP contribution is -2.01. The van der Waals surface area contributed by atoms with Gasteiger partial charge in [0.15, 0.2) is 0 Å². The molecule has 0 N–H and O–H groups in total. The summed E-state index contributed by atoms with van der Waals surface area (Å²) in [4.78, 5) is 0.428. The molecule has 1 atom stereocenters. The van der Waals surface area contributed by atoms with E-state index in [2.05, 4.69) is 0 Å². The van der Waals surface area contributed by atoms with Gasteiger partial charge in [-0.1, -0.05) is 11.6 Å². The second-order valence-electron chi connectivity index (χ2n) is 3.28. The fourth-order valence-electron chi connectivity index (χ4n) is 1.41. The van der Waals surface area contributed by atoms with E-state index >= 15 is 0 Å². The summed E-state index contributed by atoms with van der Waals surface area (Å²) in [5, 5.41) is 0.924. The van der Waals surface area contributed by atoms with E-state index in [-0.39, 0.29) is 0 Å². The molecule has 90 valence electrons. The van der Waals surface area contributed by atoms with Gasteiger partial charge in [0.25, 0.3) is 0 Å². The molecule has 0 fully saturated rings. The molecule has 6 heteroatoms. The first-order valence-corrected chi connectivity index (χ1v) is 6.21. The summed E-state index contributed by atoms with van der Waals surface area (Å²) in [6, 6.07) is 2.76. The third kappa shape index (κ3) is 2.44. The van der Waals surface area contributed by atoms with Crippen molar-refractivity contribution in [1.82, 2.24) is 0 Å². The third-order valence-corrected chi connectivity index (χ3v) is 4.16. The highest BCUT2D eigenvalue weighted by molar-refractivity contribution is 7.11. The molecule has 0 aliphatic carbocycles. The van der Waals surface area contributed by atoms with Crippen LogP contribution in [0.15, 0.2) is 23.6 Å². The summed E-state index contributed by atoms with van der Waals surface area (Å²) >= 11 is 13.0. The van der Waals surface area contributed by atoms with Crippen LogP contribution in [0.2, 0.25) is 5.02 Å². The lowest BCUT2D eigenvalue weighted by molar-refractivity contribution is 0.526. The SMILES string of the molecule is Fc1cc(F)c(C(Cl)c2sccc2Cl)c(F)c1. The van der Waals surface area contributed by atoms with E-state index in [0.717, 1.165) is 0 Å². The highest BCUT2D eigenvalue weighted by atomic mass is 35.5. The topological polar surface area (TPSA) is 0 Å². The molecule has 2 rings (SSSR count). The van der Waals surface area contributed by atoms with Gasteiger partial charge in [0.05, 0.1) is 10.4 Å². The second-order valence-corrected chi connectivity index (χ2v) is 5.07. The van der Waals surface area contributed by atoms with Gasteiger partial charge >= 0.3 is 0 Å². The van der Waals surface area contributed by atoms with Crippen LogP contribution in [0.1, 0.15) is 15.8 Å². The number of rotatable bonds is 2. The van der Waals surface area contributed by atoms with Crippen molar-refractivity contribution in [2.75, 3.05) is 0 Å². The van der Waals surface area contributed by atoms with Crippen molar-refractivity contribution in [3.63, 3.8) is 0 Å². The minimum absolute atomic E-state index is 0.332. The first-order chi connectivity index (χ1) is 8.00. The molecule has 2 aromatic rings. The van der Waals surface area contributed by atoms with Gasteiger partial charge in [0, 0.05) is 22.6 Å². The summed E-state index contributed by atoms with van der Waals surface area (Å²) < 4.78 is 39.7. The van der Waals surface area contributed by atoms with Crippen LogP contribution in [-0.4, -0.2) is 0 Å². The van der Waals surface area contributed by atoms with E-state index < -0.39 is 28.4 Å². The molecule has 0 saturated carbocycles. The van der Waals surface area contributed by atoms with Crippen LogP contribution in [0.5, 0.6) is 0 Å². The number of alkyl halides is 1. The van der Waals surface area contributed by atoms with E-state index in [1.165, 1.54) is 11.3 Å². The van der Waals surface area contributed by atoms with E-state index in [4.69, 9.17) is 23.2 Å². The zero-order chi connectivity index (χ0) is 12.6. The van der Waals surface area contributed by atoms with E-state index in [1.54, 1.807) is 11.4 Å². The summed E-state index contributed by atoms with van der Waals surface area (Å²) in [7, 11) is 0. The van der Waals surface area contributed by atoms with Crippen LogP contribution in [-0.2, 0) is 0 Å². The smallest absolute Gasteiger partial charge is 0.134 e. The third-order valence-electron chi connectivity index (χ3n) is 2.17. The van der Waals surface area contributed by atoms with Gasteiger partial charge in [-0.25, -0.2) is 13.2 Å². The lowest BCUT2D eigenvalue weighted by atomic mass is 10.1. The first kappa shape index (κ1) is 12.7. The van der Waals surface area contributed by atoms with Gasteiger partial charge in [-0.15, -0.1) is 22.9 Å². The maximum atomic E-state index is 13.5. The summed E-state index contributed by atoms with van der Waals surface area (Å²) in [5.41, 5.74) is -0.391. The van der Waals surface area contributed by atoms with Crippen molar-refractivity contribution in [3.05, 3.63) is 56.5 Å². The number of halogens is 5. The average molecular weight is 297 g/mol. The van der Waals surface area contributed by atoms with E-state index in [1.807, 2.05) is 0 Å². The maximum absolute atomic E-state index is 13.5. The lowest BCUT2D eigenvalue weighted by Gasteiger charge is -2.11. The van der Waals surface area contributed by atoms with Gasteiger partial charge in [-0.05, 0) is 11.4 Å². The molecular formula is C11H5Cl2F3S. The van der Waals surface area contributed by atoms with Crippen molar-refractivity contribution in [2.45, 2.75) is 5.38 Å². The van der Waals surface area contributed by atoms with Gasteiger partial charge < -0.3 is 0 Å². The van der Waals surface area contributed by atoms with Gasteiger partial charge in [-0.3, -0.25) is 0 Å².